The Labute approximate surface area is 142 Å². The molecule has 1 aromatic rings. The summed E-state index contributed by atoms with van der Waals surface area (Å²) in [7, 11) is 0. The van der Waals surface area contributed by atoms with Gasteiger partial charge in [0.1, 0.15) is 12.0 Å². The van der Waals surface area contributed by atoms with Crippen molar-refractivity contribution in [2.24, 2.45) is 0 Å². The molecule has 1 fully saturated rings. The average Bonchev–Trinajstić information content (AvgIpc) is 2.57. The molecule has 0 bridgehead atoms. The van der Waals surface area contributed by atoms with Crippen LogP contribution in [0.2, 0.25) is 0 Å². The molecule has 0 aromatic carbocycles. The summed E-state index contributed by atoms with van der Waals surface area (Å²) in [5, 5.41) is 11.1. The number of aromatic nitrogens is 1. The summed E-state index contributed by atoms with van der Waals surface area (Å²) in [6.07, 6.45) is 3.27. The van der Waals surface area contributed by atoms with Gasteiger partial charge in [0, 0.05) is 24.4 Å². The number of rotatable bonds is 4. The van der Waals surface area contributed by atoms with Crippen molar-refractivity contribution >= 4 is 35.7 Å². The zero-order valence-electron chi connectivity index (χ0n) is 12.7. The molecule has 124 valence electrons. The van der Waals surface area contributed by atoms with Gasteiger partial charge in [-0.2, -0.15) is 0 Å². The molecule has 7 nitrogen and oxygen atoms in total. The normalized spacial score (nSPS) is 21.4. The van der Waals surface area contributed by atoms with Crippen LogP contribution in [-0.4, -0.2) is 45.5 Å². The number of esters is 1. The van der Waals surface area contributed by atoms with E-state index in [0.29, 0.717) is 22.6 Å². The van der Waals surface area contributed by atoms with Crippen LogP contribution >= 0.6 is 11.8 Å². The summed E-state index contributed by atoms with van der Waals surface area (Å²) in [6.45, 7) is 1.07. The monoisotopic (exact) mass is 345 g/mol. The van der Waals surface area contributed by atoms with Crippen LogP contribution in [0.5, 0.6) is 0 Å². The van der Waals surface area contributed by atoms with Crippen molar-refractivity contribution in [3.63, 3.8) is 0 Å². The molecule has 0 aliphatic carbocycles. The number of carbonyl (C=O) groups excluding carboxylic acids is 3. The Morgan fingerprint density at radius 2 is 2.29 bits per heavy atom. The number of nitrogens with zero attached hydrogens (tertiary/aromatic N) is 2. The van der Waals surface area contributed by atoms with Crippen molar-refractivity contribution < 1.29 is 24.2 Å². The molecule has 2 aliphatic heterocycles. The molecule has 1 saturated heterocycles. The van der Waals surface area contributed by atoms with Gasteiger partial charge in [0.25, 0.3) is 5.91 Å². The second kappa shape index (κ2) is 6.48. The molecule has 24 heavy (non-hydrogen) atoms. The average molecular weight is 345 g/mol. The Kier molecular flexibility index (Phi) is 4.39. The quantitative estimate of drug-likeness (QED) is 0.428. The third-order valence-electron chi connectivity index (χ3n) is 3.59. The van der Waals surface area contributed by atoms with Gasteiger partial charge in [0.2, 0.25) is 0 Å². The molecule has 0 N–H and O–H groups in total. The predicted octanol–water partition coefficient (Wildman–Crippen LogP) is -0.0528. The van der Waals surface area contributed by atoms with Gasteiger partial charge in [-0.05, 0) is 18.2 Å². The first-order valence-corrected chi connectivity index (χ1v) is 8.18. The largest absolute Gasteiger partial charge is 0.543 e. The first kappa shape index (κ1) is 16.3. The number of carboxylic acid groups (broad SMARTS) is 1. The molecule has 1 amide bonds. The van der Waals surface area contributed by atoms with Crippen LogP contribution in [0.3, 0.4) is 0 Å². The Hall–Kier alpha value is -2.61. The first-order chi connectivity index (χ1) is 11.5. The van der Waals surface area contributed by atoms with E-state index >= 15 is 0 Å². The zero-order chi connectivity index (χ0) is 17.3. The maximum Gasteiger partial charge on any atom is 0.302 e. The molecule has 0 saturated carbocycles. The van der Waals surface area contributed by atoms with E-state index in [0.717, 1.165) is 0 Å². The number of amides is 1. The minimum Gasteiger partial charge on any atom is -0.543 e. The smallest absolute Gasteiger partial charge is 0.302 e. The van der Waals surface area contributed by atoms with E-state index < -0.39 is 23.2 Å². The van der Waals surface area contributed by atoms with Crippen LogP contribution in [0.15, 0.2) is 41.2 Å². The number of carboxylic acids is 1. The highest BCUT2D eigenvalue weighted by atomic mass is 32.2. The third kappa shape index (κ3) is 2.92. The van der Waals surface area contributed by atoms with Crippen LogP contribution in [0.1, 0.15) is 12.6 Å². The van der Waals surface area contributed by atoms with Crippen molar-refractivity contribution in [1.29, 1.82) is 0 Å². The number of β-lactam (4-membered cyclic amide) rings is 1. The molecular weight excluding hydrogens is 332 g/mol. The summed E-state index contributed by atoms with van der Waals surface area (Å²) in [5.41, 5.74) is 1.27. The Morgan fingerprint density at radius 1 is 1.50 bits per heavy atom. The topological polar surface area (TPSA) is 99.6 Å². The summed E-state index contributed by atoms with van der Waals surface area (Å²) in [6, 6.07) is 5.33. The first-order valence-electron chi connectivity index (χ1n) is 7.13. The Morgan fingerprint density at radius 3 is 2.92 bits per heavy atom. The molecule has 3 heterocycles. The highest BCUT2D eigenvalue weighted by Gasteiger charge is 2.48. The molecule has 3 rings (SSSR count). The van der Waals surface area contributed by atoms with Crippen LogP contribution in [0.25, 0.3) is 6.08 Å². The van der Waals surface area contributed by atoms with Crippen molar-refractivity contribution in [2.45, 2.75) is 12.3 Å². The lowest BCUT2D eigenvalue weighted by atomic mass is 10.0. The van der Waals surface area contributed by atoms with E-state index in [1.54, 1.807) is 30.5 Å². The van der Waals surface area contributed by atoms with E-state index in [-0.39, 0.29) is 12.3 Å². The van der Waals surface area contributed by atoms with Gasteiger partial charge < -0.3 is 14.6 Å². The number of hydrogen-bond acceptors (Lipinski definition) is 7. The van der Waals surface area contributed by atoms with Gasteiger partial charge in [-0.3, -0.25) is 19.5 Å². The standard InChI is InChI=1S/C16H14N2O5S/c1-9(19)23-7-10-8-24-15-12(6-11-4-2-3-5-17-11)14(20)18(15)13(10)16(21)22/h2-6,15H,7-8H2,1H3,(H,21,22)/p-1/b12-6-/t15-/m1/s1. The Bertz CT molecular complexity index is 772. The van der Waals surface area contributed by atoms with Gasteiger partial charge in [-0.25, -0.2) is 0 Å². The summed E-state index contributed by atoms with van der Waals surface area (Å²) >= 11 is 1.39. The van der Waals surface area contributed by atoms with Gasteiger partial charge >= 0.3 is 5.97 Å². The number of aliphatic carboxylic acids is 1. The fourth-order valence-electron chi connectivity index (χ4n) is 2.52. The summed E-state index contributed by atoms with van der Waals surface area (Å²) in [5.74, 6) is -2.03. The van der Waals surface area contributed by atoms with Crippen molar-refractivity contribution in [3.05, 3.63) is 46.9 Å². The van der Waals surface area contributed by atoms with Crippen molar-refractivity contribution in [2.75, 3.05) is 12.4 Å². The van der Waals surface area contributed by atoms with Crippen LogP contribution in [0.4, 0.5) is 0 Å². The lowest BCUT2D eigenvalue weighted by Gasteiger charge is -2.47. The zero-order valence-corrected chi connectivity index (χ0v) is 13.5. The molecule has 0 spiro atoms. The molecule has 1 atom stereocenters. The lowest BCUT2D eigenvalue weighted by molar-refractivity contribution is -0.301. The Balaban J connectivity index is 1.88. The number of hydrogen-bond donors (Lipinski definition) is 0. The summed E-state index contributed by atoms with van der Waals surface area (Å²) < 4.78 is 4.86. The molecule has 8 heteroatoms. The molecule has 0 unspecified atom stereocenters. The highest BCUT2D eigenvalue weighted by molar-refractivity contribution is 8.00. The van der Waals surface area contributed by atoms with E-state index in [1.807, 2.05) is 0 Å². The van der Waals surface area contributed by atoms with E-state index in [1.165, 1.54) is 23.6 Å². The third-order valence-corrected chi connectivity index (χ3v) is 4.89. The van der Waals surface area contributed by atoms with E-state index in [9.17, 15) is 19.5 Å². The predicted molar refractivity (Wildman–Crippen MR) is 84.0 cm³/mol. The summed E-state index contributed by atoms with van der Waals surface area (Å²) in [4.78, 5) is 40.1. The minimum atomic E-state index is -1.45. The van der Waals surface area contributed by atoms with Crippen molar-refractivity contribution in [3.8, 4) is 0 Å². The fraction of sp³-hybridized carbons (Fsp3) is 0.250. The highest BCUT2D eigenvalue weighted by Crippen LogP contribution is 2.43. The second-order valence-corrected chi connectivity index (χ2v) is 6.28. The fourth-order valence-corrected chi connectivity index (χ4v) is 3.80. The van der Waals surface area contributed by atoms with Crippen LogP contribution in [-0.2, 0) is 19.1 Å². The number of fused-ring (bicyclic) bond motifs is 1. The number of thioether (sulfide) groups is 1. The number of carbonyl (C=O) groups is 3. The maximum atomic E-state index is 12.4. The maximum absolute atomic E-state index is 12.4. The minimum absolute atomic E-state index is 0.165. The van der Waals surface area contributed by atoms with Gasteiger partial charge in [0.15, 0.2) is 0 Å². The van der Waals surface area contributed by atoms with Gasteiger partial charge in [-0.15, -0.1) is 11.8 Å². The van der Waals surface area contributed by atoms with Gasteiger partial charge in [0.05, 0.1) is 22.9 Å². The lowest BCUT2D eigenvalue weighted by Crippen LogP contribution is -2.58. The SMILES string of the molecule is CC(=O)OCC1=C(C(=O)[O-])N2C(=O)/C(=C/c3ccccn3)[C@H]2SC1. The van der Waals surface area contributed by atoms with Gasteiger partial charge in [-0.1, -0.05) is 6.07 Å². The number of ether oxygens (including phenoxy) is 1. The van der Waals surface area contributed by atoms with Crippen LogP contribution in [0, 0.1) is 0 Å². The molecule has 1 aromatic heterocycles. The number of pyridine rings is 1. The van der Waals surface area contributed by atoms with E-state index in [2.05, 4.69) is 4.98 Å². The van der Waals surface area contributed by atoms with E-state index in [4.69, 9.17) is 4.74 Å². The molecule has 0 radical (unpaired) electrons. The molecular formula is C16H13N2O5S-. The second-order valence-electron chi connectivity index (χ2n) is 5.21. The molecule has 2 aliphatic rings. The van der Waals surface area contributed by atoms with Crippen molar-refractivity contribution in [1.82, 2.24) is 9.88 Å². The van der Waals surface area contributed by atoms with Crippen LogP contribution < -0.4 is 5.11 Å².